The Hall–Kier alpha value is -0.700. The zero-order valence-electron chi connectivity index (χ0n) is 5.32. The van der Waals surface area contributed by atoms with Gasteiger partial charge in [-0.1, -0.05) is 6.08 Å². The van der Waals surface area contributed by atoms with Crippen molar-refractivity contribution in [1.82, 2.24) is 10.3 Å². The van der Waals surface area contributed by atoms with Gasteiger partial charge < -0.3 is 10.3 Å². The van der Waals surface area contributed by atoms with Crippen LogP contribution >= 0.6 is 15.9 Å². The standard InChI is InChI=1S/C7H7BrN2/c8-7-3-5-1-2-9-4-6(5)10-7/h1,3-4,9-10H,2H2. The first-order valence-corrected chi connectivity index (χ1v) is 3.94. The van der Waals surface area contributed by atoms with Gasteiger partial charge in [0.2, 0.25) is 0 Å². The number of halogens is 1. The monoisotopic (exact) mass is 198 g/mol. The van der Waals surface area contributed by atoms with E-state index in [1.807, 2.05) is 6.20 Å². The Bertz CT molecular complexity index is 317. The summed E-state index contributed by atoms with van der Waals surface area (Å²) >= 11 is 3.37. The van der Waals surface area contributed by atoms with Gasteiger partial charge in [0.1, 0.15) is 0 Å². The zero-order valence-corrected chi connectivity index (χ0v) is 6.90. The number of hydrogen-bond acceptors (Lipinski definition) is 1. The Labute approximate surface area is 66.8 Å². The molecule has 0 unspecified atom stereocenters. The number of nitrogens with one attached hydrogen (secondary N) is 2. The summed E-state index contributed by atoms with van der Waals surface area (Å²) < 4.78 is 1.04. The molecule has 0 aromatic carbocycles. The van der Waals surface area contributed by atoms with Crippen LogP contribution < -0.4 is 15.9 Å². The van der Waals surface area contributed by atoms with E-state index in [0.717, 1.165) is 16.5 Å². The van der Waals surface area contributed by atoms with Crippen molar-refractivity contribution in [1.29, 1.82) is 0 Å². The van der Waals surface area contributed by atoms with Gasteiger partial charge in [-0.2, -0.15) is 0 Å². The molecule has 10 heavy (non-hydrogen) atoms. The number of H-pyrrole nitrogens is 1. The van der Waals surface area contributed by atoms with E-state index in [0.29, 0.717) is 0 Å². The van der Waals surface area contributed by atoms with Crippen LogP contribution in [0.15, 0.2) is 10.7 Å². The summed E-state index contributed by atoms with van der Waals surface area (Å²) in [6.45, 7) is 0.928. The van der Waals surface area contributed by atoms with E-state index in [4.69, 9.17) is 0 Å². The summed E-state index contributed by atoms with van der Waals surface area (Å²) in [4.78, 5) is 3.16. The second-order valence-corrected chi connectivity index (χ2v) is 3.10. The molecule has 1 aromatic heterocycles. The maximum absolute atomic E-state index is 3.37. The molecule has 2 N–H and O–H groups in total. The summed E-state index contributed by atoms with van der Waals surface area (Å²) in [5.74, 6) is 0. The van der Waals surface area contributed by atoms with E-state index < -0.39 is 0 Å². The van der Waals surface area contributed by atoms with Gasteiger partial charge in [-0.25, -0.2) is 0 Å². The van der Waals surface area contributed by atoms with Gasteiger partial charge in [-0.15, -0.1) is 0 Å². The average molecular weight is 199 g/mol. The van der Waals surface area contributed by atoms with Crippen LogP contribution in [0, 0.1) is 0 Å². The normalized spacial score (nSPS) is 14.5. The predicted molar refractivity (Wildman–Crippen MR) is 44.7 cm³/mol. The van der Waals surface area contributed by atoms with Gasteiger partial charge >= 0.3 is 0 Å². The SMILES string of the molecule is Brc1cc2c([nH]1)=CNCC=2. The molecular formula is C7H7BrN2. The molecule has 0 bridgehead atoms. The molecule has 2 rings (SSSR count). The maximum atomic E-state index is 3.37. The van der Waals surface area contributed by atoms with Crippen molar-refractivity contribution in [3.8, 4) is 0 Å². The van der Waals surface area contributed by atoms with Crippen LogP contribution in [-0.4, -0.2) is 11.5 Å². The van der Waals surface area contributed by atoms with Gasteiger partial charge in [0.15, 0.2) is 0 Å². The third-order valence-electron chi connectivity index (χ3n) is 1.53. The Morgan fingerprint density at radius 3 is 3.20 bits per heavy atom. The van der Waals surface area contributed by atoms with Crippen LogP contribution in [0.1, 0.15) is 0 Å². The van der Waals surface area contributed by atoms with Crippen molar-refractivity contribution in [2.45, 2.75) is 0 Å². The molecular weight excluding hydrogens is 192 g/mol. The summed E-state index contributed by atoms with van der Waals surface area (Å²) in [6, 6.07) is 2.08. The van der Waals surface area contributed by atoms with Crippen LogP contribution in [0.4, 0.5) is 0 Å². The highest BCUT2D eigenvalue weighted by atomic mass is 79.9. The molecule has 2 heterocycles. The number of fused-ring (bicyclic) bond motifs is 1. The molecule has 1 aromatic rings. The van der Waals surface area contributed by atoms with E-state index in [1.54, 1.807) is 0 Å². The molecule has 0 atom stereocenters. The van der Waals surface area contributed by atoms with Crippen molar-refractivity contribution in [2.24, 2.45) is 0 Å². The molecule has 0 radical (unpaired) electrons. The molecule has 0 saturated heterocycles. The molecule has 0 amide bonds. The fourth-order valence-electron chi connectivity index (χ4n) is 1.07. The lowest BCUT2D eigenvalue weighted by molar-refractivity contribution is 1.04. The van der Waals surface area contributed by atoms with Gasteiger partial charge in [-0.05, 0) is 27.2 Å². The lowest BCUT2D eigenvalue weighted by Gasteiger charge is -1.96. The van der Waals surface area contributed by atoms with Crippen molar-refractivity contribution in [3.05, 3.63) is 21.2 Å². The molecule has 2 nitrogen and oxygen atoms in total. The van der Waals surface area contributed by atoms with Crippen LogP contribution in [-0.2, 0) is 0 Å². The highest BCUT2D eigenvalue weighted by Gasteiger charge is 1.94. The number of rotatable bonds is 0. The van der Waals surface area contributed by atoms with Crippen LogP contribution in [0.5, 0.6) is 0 Å². The van der Waals surface area contributed by atoms with Crippen molar-refractivity contribution in [3.63, 3.8) is 0 Å². The maximum Gasteiger partial charge on any atom is 0.0831 e. The molecule has 0 spiro atoms. The quantitative estimate of drug-likeness (QED) is 0.599. The lowest BCUT2D eigenvalue weighted by Crippen LogP contribution is -2.31. The van der Waals surface area contributed by atoms with Gasteiger partial charge in [0, 0.05) is 12.7 Å². The lowest BCUT2D eigenvalue weighted by atomic mass is 10.3. The Kier molecular flexibility index (Phi) is 1.31. The Morgan fingerprint density at radius 1 is 1.50 bits per heavy atom. The fourth-order valence-corrected chi connectivity index (χ4v) is 1.53. The molecule has 1 aliphatic rings. The second-order valence-electron chi connectivity index (χ2n) is 2.24. The highest BCUT2D eigenvalue weighted by molar-refractivity contribution is 9.10. The van der Waals surface area contributed by atoms with E-state index in [-0.39, 0.29) is 0 Å². The minimum atomic E-state index is 0.928. The summed E-state index contributed by atoms with van der Waals surface area (Å²) in [6.07, 6.45) is 4.14. The van der Waals surface area contributed by atoms with E-state index in [9.17, 15) is 0 Å². The smallest absolute Gasteiger partial charge is 0.0831 e. The fraction of sp³-hybridized carbons (Fsp3) is 0.143. The second kappa shape index (κ2) is 2.16. The first-order valence-electron chi connectivity index (χ1n) is 3.14. The third-order valence-corrected chi connectivity index (χ3v) is 1.96. The van der Waals surface area contributed by atoms with Crippen molar-refractivity contribution < 1.29 is 0 Å². The molecule has 0 saturated carbocycles. The Balaban J connectivity index is 2.83. The average Bonchev–Trinajstić information content (AvgIpc) is 2.27. The van der Waals surface area contributed by atoms with Crippen molar-refractivity contribution >= 4 is 28.2 Å². The van der Waals surface area contributed by atoms with Crippen LogP contribution in [0.3, 0.4) is 0 Å². The molecule has 0 fully saturated rings. The number of hydrogen-bond donors (Lipinski definition) is 2. The Morgan fingerprint density at radius 2 is 2.40 bits per heavy atom. The number of aromatic nitrogens is 1. The highest BCUT2D eigenvalue weighted by Crippen LogP contribution is 1.96. The molecule has 3 heteroatoms. The predicted octanol–water partition coefficient (Wildman–Crippen LogP) is -0.101. The summed E-state index contributed by atoms with van der Waals surface area (Å²) in [5, 5.41) is 5.54. The minimum absolute atomic E-state index is 0.928. The van der Waals surface area contributed by atoms with Gasteiger partial charge in [-0.3, -0.25) is 0 Å². The minimum Gasteiger partial charge on any atom is -0.386 e. The molecule has 1 aliphatic heterocycles. The first-order chi connectivity index (χ1) is 4.86. The zero-order chi connectivity index (χ0) is 6.97. The van der Waals surface area contributed by atoms with Crippen LogP contribution in [0.25, 0.3) is 12.3 Å². The molecule has 0 aliphatic carbocycles. The summed E-state index contributed by atoms with van der Waals surface area (Å²) in [7, 11) is 0. The van der Waals surface area contributed by atoms with Gasteiger partial charge in [0.25, 0.3) is 0 Å². The largest absolute Gasteiger partial charge is 0.386 e. The molecule has 52 valence electrons. The van der Waals surface area contributed by atoms with E-state index in [2.05, 4.69) is 38.4 Å². The first kappa shape index (κ1) is 6.04. The van der Waals surface area contributed by atoms with Crippen LogP contribution in [0.2, 0.25) is 0 Å². The van der Waals surface area contributed by atoms with E-state index >= 15 is 0 Å². The van der Waals surface area contributed by atoms with Crippen molar-refractivity contribution in [2.75, 3.05) is 6.54 Å². The topological polar surface area (TPSA) is 27.8 Å². The third kappa shape index (κ3) is 0.865. The summed E-state index contributed by atoms with van der Waals surface area (Å²) in [5.41, 5.74) is 0. The number of aromatic amines is 1. The van der Waals surface area contributed by atoms with Gasteiger partial charge in [0.05, 0.1) is 9.95 Å². The van der Waals surface area contributed by atoms with E-state index in [1.165, 1.54) is 5.22 Å².